The summed E-state index contributed by atoms with van der Waals surface area (Å²) in [5, 5.41) is 9.21. The number of alkyl halides is 3. The van der Waals surface area contributed by atoms with Gasteiger partial charge in [-0.1, -0.05) is 11.8 Å². The molecule has 1 aromatic heterocycles. The van der Waals surface area contributed by atoms with E-state index < -0.39 is 28.5 Å². The van der Waals surface area contributed by atoms with Crippen molar-refractivity contribution in [1.29, 1.82) is 0 Å². The third-order valence-electron chi connectivity index (χ3n) is 3.15. The van der Waals surface area contributed by atoms with Crippen molar-refractivity contribution in [3.8, 4) is 0 Å². The lowest BCUT2D eigenvalue weighted by atomic mass is 10.2. The number of amides is 1. The van der Waals surface area contributed by atoms with Crippen LogP contribution in [-0.4, -0.2) is 26.0 Å². The van der Waals surface area contributed by atoms with Crippen LogP contribution >= 0.6 is 11.8 Å². The molecule has 2 aromatic rings. The van der Waals surface area contributed by atoms with E-state index in [-0.39, 0.29) is 16.5 Å². The summed E-state index contributed by atoms with van der Waals surface area (Å²) in [6.45, 7) is 2.99. The minimum absolute atomic E-state index is 0.0469. The largest absolute Gasteiger partial charge is 0.416 e. The van der Waals surface area contributed by atoms with Gasteiger partial charge in [-0.2, -0.15) is 17.8 Å². The van der Waals surface area contributed by atoms with Gasteiger partial charge in [-0.05, 0) is 38.1 Å². The second-order valence-electron chi connectivity index (χ2n) is 5.07. The summed E-state index contributed by atoms with van der Waals surface area (Å²) in [5.74, 6) is 5.10. The van der Waals surface area contributed by atoms with E-state index in [1.807, 2.05) is 0 Å². The average Bonchev–Trinajstić information content (AvgIpc) is 2.55. The van der Waals surface area contributed by atoms with Gasteiger partial charge in [-0.3, -0.25) is 9.59 Å². The van der Waals surface area contributed by atoms with Crippen molar-refractivity contribution in [2.75, 3.05) is 11.2 Å². The summed E-state index contributed by atoms with van der Waals surface area (Å²) in [7, 11) is 0. The normalized spacial score (nSPS) is 12.7. The topological polar surface area (TPSA) is 103 Å². The monoisotopic (exact) mass is 373 g/mol. The Morgan fingerprint density at radius 2 is 1.88 bits per heavy atom. The highest BCUT2D eigenvalue weighted by Gasteiger charge is 2.30. The number of anilines is 1. The molecule has 7 nitrogen and oxygen atoms in total. The molecule has 0 unspecified atom stereocenters. The van der Waals surface area contributed by atoms with Crippen LogP contribution < -0.4 is 16.7 Å². The molecule has 1 heterocycles. The van der Waals surface area contributed by atoms with Gasteiger partial charge in [0.2, 0.25) is 11.1 Å². The van der Waals surface area contributed by atoms with Gasteiger partial charge < -0.3 is 11.2 Å². The van der Waals surface area contributed by atoms with Crippen LogP contribution in [0.15, 0.2) is 34.2 Å². The second kappa shape index (κ2) is 7.13. The SMILES string of the molecule is Cc1nnc(S[C@@H](C)C(=O)Nc2ccc(C(F)(F)F)cc2)n(N)c1=O. The third kappa shape index (κ3) is 4.50. The number of hydrogen-bond donors (Lipinski definition) is 2. The van der Waals surface area contributed by atoms with Crippen molar-refractivity contribution in [3.63, 3.8) is 0 Å². The maximum absolute atomic E-state index is 12.5. The van der Waals surface area contributed by atoms with Gasteiger partial charge in [-0.15, -0.1) is 10.2 Å². The molecule has 0 spiro atoms. The molecule has 0 saturated heterocycles. The highest BCUT2D eigenvalue weighted by molar-refractivity contribution is 8.00. The Morgan fingerprint density at radius 3 is 2.44 bits per heavy atom. The number of benzene rings is 1. The molecule has 25 heavy (non-hydrogen) atoms. The summed E-state index contributed by atoms with van der Waals surface area (Å²) >= 11 is 0.900. The Kier molecular flexibility index (Phi) is 5.36. The van der Waals surface area contributed by atoms with Gasteiger partial charge in [0.05, 0.1) is 10.8 Å². The minimum Gasteiger partial charge on any atom is -0.334 e. The molecule has 0 aliphatic carbocycles. The highest BCUT2D eigenvalue weighted by atomic mass is 32.2. The van der Waals surface area contributed by atoms with Crippen LogP contribution in [0.4, 0.5) is 18.9 Å². The number of halogens is 3. The number of thioether (sulfide) groups is 1. The Balaban J connectivity index is 2.06. The predicted octanol–water partition coefficient (Wildman–Crippen LogP) is 1.80. The van der Waals surface area contributed by atoms with Crippen LogP contribution in [0.2, 0.25) is 0 Å². The van der Waals surface area contributed by atoms with Crippen molar-refractivity contribution in [1.82, 2.24) is 14.9 Å². The molecule has 134 valence electrons. The molecule has 0 fully saturated rings. The average molecular weight is 373 g/mol. The molecule has 0 bridgehead atoms. The fourth-order valence-electron chi connectivity index (χ4n) is 1.75. The van der Waals surface area contributed by atoms with Crippen molar-refractivity contribution in [2.45, 2.75) is 30.4 Å². The molecule has 0 saturated carbocycles. The fraction of sp³-hybridized carbons (Fsp3) is 0.286. The molecule has 1 atom stereocenters. The van der Waals surface area contributed by atoms with Gasteiger partial charge in [0.1, 0.15) is 5.69 Å². The van der Waals surface area contributed by atoms with Crippen molar-refractivity contribution in [2.24, 2.45) is 0 Å². The maximum Gasteiger partial charge on any atom is 0.416 e. The zero-order chi connectivity index (χ0) is 18.8. The number of aromatic nitrogens is 3. The number of aryl methyl sites for hydroxylation is 1. The minimum atomic E-state index is -4.44. The molecular weight excluding hydrogens is 359 g/mol. The molecule has 1 amide bonds. The van der Waals surface area contributed by atoms with Crippen molar-refractivity contribution >= 4 is 23.4 Å². The zero-order valence-electron chi connectivity index (χ0n) is 13.2. The van der Waals surface area contributed by atoms with Gasteiger partial charge in [-0.25, -0.2) is 0 Å². The quantitative estimate of drug-likeness (QED) is 0.626. The molecule has 0 radical (unpaired) electrons. The summed E-state index contributed by atoms with van der Waals surface area (Å²) in [6, 6.07) is 4.05. The molecule has 0 aliphatic heterocycles. The van der Waals surface area contributed by atoms with Crippen LogP contribution in [-0.2, 0) is 11.0 Å². The van der Waals surface area contributed by atoms with E-state index in [4.69, 9.17) is 5.84 Å². The lowest BCUT2D eigenvalue weighted by Crippen LogP contribution is -2.33. The molecule has 0 aliphatic rings. The Morgan fingerprint density at radius 1 is 1.28 bits per heavy atom. The van der Waals surface area contributed by atoms with Gasteiger partial charge in [0.15, 0.2) is 0 Å². The van der Waals surface area contributed by atoms with Crippen LogP contribution in [0.25, 0.3) is 0 Å². The van der Waals surface area contributed by atoms with Crippen LogP contribution in [0.3, 0.4) is 0 Å². The first-order chi connectivity index (χ1) is 11.6. The van der Waals surface area contributed by atoms with E-state index >= 15 is 0 Å². The van der Waals surface area contributed by atoms with Crippen LogP contribution in [0.5, 0.6) is 0 Å². The number of rotatable bonds is 4. The van der Waals surface area contributed by atoms with Crippen molar-refractivity contribution < 1.29 is 18.0 Å². The molecule has 1 aromatic carbocycles. The summed E-state index contributed by atoms with van der Waals surface area (Å²) < 4.78 is 38.3. The van der Waals surface area contributed by atoms with Crippen LogP contribution in [0.1, 0.15) is 18.2 Å². The lowest BCUT2D eigenvalue weighted by Gasteiger charge is -2.13. The third-order valence-corrected chi connectivity index (χ3v) is 4.21. The van der Waals surface area contributed by atoms with E-state index in [1.165, 1.54) is 13.8 Å². The van der Waals surface area contributed by atoms with E-state index in [0.717, 1.165) is 40.7 Å². The Bertz CT molecular complexity index is 836. The number of nitrogen functional groups attached to an aromatic ring is 1. The number of nitrogens with zero attached hydrogens (tertiary/aromatic N) is 3. The number of hydrogen-bond acceptors (Lipinski definition) is 6. The summed E-state index contributed by atoms with van der Waals surface area (Å²) in [5.41, 5.74) is -1.01. The molecule has 3 N–H and O–H groups in total. The van der Waals surface area contributed by atoms with E-state index in [2.05, 4.69) is 15.5 Å². The molecule has 2 rings (SSSR count). The van der Waals surface area contributed by atoms with Gasteiger partial charge in [0.25, 0.3) is 5.56 Å². The Labute approximate surface area is 144 Å². The number of carbonyl (C=O) groups excluding carboxylic acids is 1. The molecular formula is C14H14F3N5O2S. The van der Waals surface area contributed by atoms with E-state index in [1.54, 1.807) is 0 Å². The van der Waals surface area contributed by atoms with Crippen molar-refractivity contribution in [3.05, 3.63) is 45.9 Å². The standard InChI is InChI=1S/C14H14F3N5O2S/c1-7-12(24)22(18)13(21-20-7)25-8(2)11(23)19-10-5-3-9(4-6-10)14(15,16)17/h3-6,8H,18H2,1-2H3,(H,19,23)/t8-/m0/s1. The first kappa shape index (κ1) is 18.8. The van der Waals surface area contributed by atoms with Gasteiger partial charge >= 0.3 is 6.18 Å². The zero-order valence-corrected chi connectivity index (χ0v) is 14.0. The first-order valence-electron chi connectivity index (χ1n) is 6.96. The number of nitrogens with one attached hydrogen (secondary N) is 1. The maximum atomic E-state index is 12.5. The summed E-state index contributed by atoms with van der Waals surface area (Å²) in [6.07, 6.45) is -4.44. The van der Waals surface area contributed by atoms with Crippen LogP contribution in [0, 0.1) is 6.92 Å². The number of carbonyl (C=O) groups is 1. The second-order valence-corrected chi connectivity index (χ2v) is 6.38. The first-order valence-corrected chi connectivity index (χ1v) is 7.83. The smallest absolute Gasteiger partial charge is 0.334 e. The van der Waals surface area contributed by atoms with E-state index in [0.29, 0.717) is 0 Å². The van der Waals surface area contributed by atoms with Gasteiger partial charge in [0, 0.05) is 5.69 Å². The Hall–Kier alpha value is -2.56. The number of nitrogens with two attached hydrogens (primary N) is 1. The lowest BCUT2D eigenvalue weighted by molar-refractivity contribution is -0.137. The summed E-state index contributed by atoms with van der Waals surface area (Å²) in [4.78, 5) is 23.8. The van der Waals surface area contributed by atoms with E-state index in [9.17, 15) is 22.8 Å². The predicted molar refractivity (Wildman–Crippen MR) is 86.6 cm³/mol. The fourth-order valence-corrected chi connectivity index (χ4v) is 2.51. The molecule has 11 heteroatoms. The highest BCUT2D eigenvalue weighted by Crippen LogP contribution is 2.30.